The van der Waals surface area contributed by atoms with Gasteiger partial charge in [0, 0.05) is 37.4 Å². The van der Waals surface area contributed by atoms with Gasteiger partial charge in [0.1, 0.15) is 0 Å². The molecule has 2 atom stereocenters. The summed E-state index contributed by atoms with van der Waals surface area (Å²) in [5.41, 5.74) is 2.31. The van der Waals surface area contributed by atoms with E-state index >= 15 is 0 Å². The first-order valence-electron chi connectivity index (χ1n) is 9.02. The molecule has 6 heteroatoms. The van der Waals surface area contributed by atoms with E-state index < -0.39 is 0 Å². The molecule has 3 amide bonds. The largest absolute Gasteiger partial charge is 0.336 e. The Bertz CT molecular complexity index is 617. The lowest BCUT2D eigenvalue weighted by Gasteiger charge is -2.35. The van der Waals surface area contributed by atoms with Crippen LogP contribution in [0.2, 0.25) is 0 Å². The topological polar surface area (TPSA) is 73.5 Å². The Hall–Kier alpha value is -2.08. The highest BCUT2D eigenvalue weighted by Crippen LogP contribution is 2.20. The molecule has 1 aromatic carbocycles. The number of benzene rings is 1. The Morgan fingerprint density at radius 3 is 2.76 bits per heavy atom. The van der Waals surface area contributed by atoms with Crippen LogP contribution in [-0.4, -0.2) is 42.5 Å². The summed E-state index contributed by atoms with van der Waals surface area (Å²) in [4.78, 5) is 25.8. The van der Waals surface area contributed by atoms with Crippen molar-refractivity contribution < 1.29 is 9.59 Å². The number of rotatable bonds is 5. The molecule has 6 nitrogen and oxygen atoms in total. The van der Waals surface area contributed by atoms with Crippen LogP contribution in [0.25, 0.3) is 0 Å². The van der Waals surface area contributed by atoms with Gasteiger partial charge in [-0.05, 0) is 56.8 Å². The molecule has 138 valence electrons. The third-order valence-electron chi connectivity index (χ3n) is 4.68. The Labute approximate surface area is 150 Å². The summed E-state index contributed by atoms with van der Waals surface area (Å²) in [6, 6.07) is 5.56. The Morgan fingerprint density at radius 1 is 1.32 bits per heavy atom. The van der Waals surface area contributed by atoms with Crippen molar-refractivity contribution in [3.63, 3.8) is 0 Å². The van der Waals surface area contributed by atoms with Crippen molar-refractivity contribution in [3.05, 3.63) is 23.8 Å². The standard InChI is InChI=1S/C19H30N4O2/c1-13-6-5-9-23(12-13)15(3)11-20-19(25)22-18-10-17(21-16(4)24)8-7-14(18)2/h7-8,10,13,15H,5-6,9,11-12H2,1-4H3,(H,21,24)(H2,20,22,25)/t13-,15-/m1/s1. The molecular formula is C19H30N4O2. The smallest absolute Gasteiger partial charge is 0.319 e. The average molecular weight is 346 g/mol. The average Bonchev–Trinajstić information content (AvgIpc) is 2.55. The van der Waals surface area contributed by atoms with Gasteiger partial charge in [-0.2, -0.15) is 0 Å². The summed E-state index contributed by atoms with van der Waals surface area (Å²) in [6.45, 7) is 10.6. The summed E-state index contributed by atoms with van der Waals surface area (Å²) in [5, 5.41) is 8.55. The van der Waals surface area contributed by atoms with E-state index in [1.165, 1.54) is 19.8 Å². The predicted molar refractivity (Wildman–Crippen MR) is 102 cm³/mol. The third-order valence-corrected chi connectivity index (χ3v) is 4.68. The van der Waals surface area contributed by atoms with Gasteiger partial charge >= 0.3 is 6.03 Å². The quantitative estimate of drug-likeness (QED) is 0.766. The molecule has 0 spiro atoms. The van der Waals surface area contributed by atoms with Crippen LogP contribution in [0, 0.1) is 12.8 Å². The number of carbonyl (C=O) groups is 2. The highest BCUT2D eigenvalue weighted by Gasteiger charge is 2.21. The highest BCUT2D eigenvalue weighted by atomic mass is 16.2. The summed E-state index contributed by atoms with van der Waals surface area (Å²) in [5.74, 6) is 0.591. The minimum atomic E-state index is -0.222. The summed E-state index contributed by atoms with van der Waals surface area (Å²) >= 11 is 0. The van der Waals surface area contributed by atoms with Crippen LogP contribution in [0.3, 0.4) is 0 Å². The van der Waals surface area contributed by atoms with Crippen molar-refractivity contribution in [1.82, 2.24) is 10.2 Å². The molecule has 0 radical (unpaired) electrons. The number of aryl methyl sites for hydroxylation is 1. The normalized spacial score (nSPS) is 19.1. The minimum absolute atomic E-state index is 0.135. The molecule has 1 fully saturated rings. The monoisotopic (exact) mass is 346 g/mol. The first-order valence-corrected chi connectivity index (χ1v) is 9.02. The summed E-state index contributed by atoms with van der Waals surface area (Å²) < 4.78 is 0. The van der Waals surface area contributed by atoms with Crippen molar-refractivity contribution in [3.8, 4) is 0 Å². The molecule has 25 heavy (non-hydrogen) atoms. The zero-order valence-corrected chi connectivity index (χ0v) is 15.7. The lowest BCUT2D eigenvalue weighted by Crippen LogP contribution is -2.47. The number of anilines is 2. The molecule has 0 bridgehead atoms. The fraction of sp³-hybridized carbons (Fsp3) is 0.579. The van der Waals surface area contributed by atoms with Crippen molar-refractivity contribution in [2.24, 2.45) is 5.92 Å². The first kappa shape index (κ1) is 19.2. The van der Waals surface area contributed by atoms with Crippen molar-refractivity contribution in [1.29, 1.82) is 0 Å². The lowest BCUT2D eigenvalue weighted by molar-refractivity contribution is -0.114. The third kappa shape index (κ3) is 6.05. The van der Waals surface area contributed by atoms with Crippen molar-refractivity contribution in [2.45, 2.75) is 46.6 Å². The number of likely N-dealkylation sites (tertiary alicyclic amines) is 1. The van der Waals surface area contributed by atoms with E-state index in [0.29, 0.717) is 24.0 Å². The Kier molecular flexibility index (Phi) is 6.82. The zero-order chi connectivity index (χ0) is 18.4. The fourth-order valence-electron chi connectivity index (χ4n) is 3.20. The number of urea groups is 1. The van der Waals surface area contributed by atoms with Crippen LogP contribution < -0.4 is 16.0 Å². The fourth-order valence-corrected chi connectivity index (χ4v) is 3.20. The zero-order valence-electron chi connectivity index (χ0n) is 15.7. The molecule has 1 aliphatic rings. The molecule has 1 heterocycles. The second-order valence-electron chi connectivity index (χ2n) is 7.14. The van der Waals surface area contributed by atoms with Gasteiger partial charge in [-0.25, -0.2) is 4.79 Å². The highest BCUT2D eigenvalue weighted by molar-refractivity contribution is 5.93. The maximum atomic E-state index is 12.2. The second-order valence-corrected chi connectivity index (χ2v) is 7.14. The van der Waals surface area contributed by atoms with Gasteiger partial charge in [-0.1, -0.05) is 13.0 Å². The van der Waals surface area contributed by atoms with Crippen LogP contribution >= 0.6 is 0 Å². The van der Waals surface area contributed by atoms with Gasteiger partial charge in [0.15, 0.2) is 0 Å². The van der Waals surface area contributed by atoms with E-state index in [-0.39, 0.29) is 11.9 Å². The maximum absolute atomic E-state index is 12.2. The van der Waals surface area contributed by atoms with Gasteiger partial charge in [0.25, 0.3) is 0 Å². The maximum Gasteiger partial charge on any atom is 0.319 e. The van der Waals surface area contributed by atoms with Gasteiger partial charge in [-0.3, -0.25) is 9.69 Å². The summed E-state index contributed by atoms with van der Waals surface area (Å²) in [6.07, 6.45) is 2.52. The van der Waals surface area contributed by atoms with Crippen LogP contribution in [0.5, 0.6) is 0 Å². The van der Waals surface area contributed by atoms with Gasteiger partial charge in [0.2, 0.25) is 5.91 Å². The predicted octanol–water partition coefficient (Wildman–Crippen LogP) is 3.20. The number of carbonyl (C=O) groups excluding carboxylic acids is 2. The van der Waals surface area contributed by atoms with Crippen LogP contribution in [-0.2, 0) is 4.79 Å². The van der Waals surface area contributed by atoms with Gasteiger partial charge in [0.05, 0.1) is 0 Å². The van der Waals surface area contributed by atoms with Crippen LogP contribution in [0.1, 0.15) is 39.2 Å². The molecule has 1 aromatic rings. The molecule has 1 aliphatic heterocycles. The van der Waals surface area contributed by atoms with Crippen molar-refractivity contribution >= 4 is 23.3 Å². The molecule has 1 saturated heterocycles. The molecule has 0 unspecified atom stereocenters. The molecular weight excluding hydrogens is 316 g/mol. The van der Waals surface area contributed by atoms with E-state index in [1.54, 1.807) is 6.07 Å². The molecule has 0 saturated carbocycles. The van der Waals surface area contributed by atoms with Crippen LogP contribution in [0.15, 0.2) is 18.2 Å². The number of nitrogens with zero attached hydrogens (tertiary/aromatic N) is 1. The van der Waals surface area contributed by atoms with E-state index in [0.717, 1.165) is 24.6 Å². The van der Waals surface area contributed by atoms with E-state index in [4.69, 9.17) is 0 Å². The number of amides is 3. The SMILES string of the molecule is CC(=O)Nc1ccc(C)c(NC(=O)NC[C@@H](C)N2CCC[C@@H](C)C2)c1. The van der Waals surface area contributed by atoms with E-state index in [2.05, 4.69) is 34.7 Å². The lowest BCUT2D eigenvalue weighted by atomic mass is 9.99. The minimum Gasteiger partial charge on any atom is -0.336 e. The Balaban J connectivity index is 1.86. The number of hydrogen-bond acceptors (Lipinski definition) is 3. The molecule has 3 N–H and O–H groups in total. The first-order chi connectivity index (χ1) is 11.8. The van der Waals surface area contributed by atoms with Gasteiger partial charge in [-0.15, -0.1) is 0 Å². The van der Waals surface area contributed by atoms with E-state index in [9.17, 15) is 9.59 Å². The number of nitrogens with one attached hydrogen (secondary N) is 3. The van der Waals surface area contributed by atoms with Crippen LogP contribution in [0.4, 0.5) is 16.2 Å². The second kappa shape index (κ2) is 8.85. The molecule has 2 rings (SSSR count). The molecule has 0 aliphatic carbocycles. The number of piperidine rings is 1. The molecule has 0 aromatic heterocycles. The van der Waals surface area contributed by atoms with E-state index in [1.807, 2.05) is 19.1 Å². The summed E-state index contributed by atoms with van der Waals surface area (Å²) in [7, 11) is 0. The Morgan fingerprint density at radius 2 is 2.08 bits per heavy atom. The van der Waals surface area contributed by atoms with Gasteiger partial charge < -0.3 is 16.0 Å². The van der Waals surface area contributed by atoms with Crippen molar-refractivity contribution in [2.75, 3.05) is 30.3 Å². The number of hydrogen-bond donors (Lipinski definition) is 3.